The van der Waals surface area contributed by atoms with E-state index in [2.05, 4.69) is 5.32 Å². The minimum absolute atomic E-state index is 0.274. The van der Waals surface area contributed by atoms with Gasteiger partial charge in [0.15, 0.2) is 0 Å². The van der Waals surface area contributed by atoms with Crippen LogP contribution in [0.15, 0.2) is 48.5 Å². The van der Waals surface area contributed by atoms with Gasteiger partial charge in [0.1, 0.15) is 17.5 Å². The first kappa shape index (κ1) is 22.5. The first-order valence-electron chi connectivity index (χ1n) is 9.43. The van der Waals surface area contributed by atoms with Crippen molar-refractivity contribution in [3.05, 3.63) is 54.1 Å². The summed E-state index contributed by atoms with van der Waals surface area (Å²) >= 11 is 0. The molecule has 8 heteroatoms. The highest BCUT2D eigenvalue weighted by molar-refractivity contribution is 7.92. The van der Waals surface area contributed by atoms with Gasteiger partial charge >= 0.3 is 0 Å². The molecule has 0 aromatic heterocycles. The lowest BCUT2D eigenvalue weighted by Gasteiger charge is -2.30. The maximum Gasteiger partial charge on any atom is 0.244 e. The van der Waals surface area contributed by atoms with Gasteiger partial charge in [-0.1, -0.05) is 19.1 Å². The maximum absolute atomic E-state index is 12.9. The highest BCUT2D eigenvalue weighted by Crippen LogP contribution is 2.25. The van der Waals surface area contributed by atoms with Gasteiger partial charge in [0.25, 0.3) is 0 Å². The molecule has 0 saturated carbocycles. The number of carbonyl (C=O) groups excluding carboxylic acids is 1. The molecule has 0 aliphatic carbocycles. The zero-order valence-corrected chi connectivity index (χ0v) is 18.0. The van der Waals surface area contributed by atoms with Crippen LogP contribution in [0.3, 0.4) is 0 Å². The molecule has 0 fully saturated rings. The summed E-state index contributed by atoms with van der Waals surface area (Å²) in [4.78, 5) is 12.9. The van der Waals surface area contributed by atoms with E-state index < -0.39 is 16.1 Å². The Morgan fingerprint density at radius 3 is 2.34 bits per heavy atom. The second-order valence-electron chi connectivity index (χ2n) is 6.48. The number of ether oxygens (including phenoxy) is 2. The number of anilines is 1. The lowest BCUT2D eigenvalue weighted by Crippen LogP contribution is -2.49. The van der Waals surface area contributed by atoms with Crippen LogP contribution < -0.4 is 19.1 Å². The van der Waals surface area contributed by atoms with Crippen molar-refractivity contribution in [2.75, 3.05) is 24.3 Å². The maximum atomic E-state index is 12.9. The molecular formula is C21H28N2O5S. The van der Waals surface area contributed by atoms with Crippen LogP contribution in [-0.2, 0) is 21.4 Å². The molecule has 1 N–H and O–H groups in total. The fraction of sp³-hybridized carbons (Fsp3) is 0.381. The zero-order chi connectivity index (χ0) is 21.4. The Balaban J connectivity index is 2.20. The van der Waals surface area contributed by atoms with Crippen molar-refractivity contribution in [2.24, 2.45) is 0 Å². The molecule has 0 spiro atoms. The second kappa shape index (κ2) is 10.2. The van der Waals surface area contributed by atoms with E-state index in [-0.39, 0.29) is 12.5 Å². The van der Waals surface area contributed by atoms with Gasteiger partial charge in [0.2, 0.25) is 15.9 Å². The average Bonchev–Trinajstić information content (AvgIpc) is 2.70. The average molecular weight is 421 g/mol. The Bertz CT molecular complexity index is 913. The van der Waals surface area contributed by atoms with Crippen molar-refractivity contribution in [3.63, 3.8) is 0 Å². The monoisotopic (exact) mass is 420 g/mol. The van der Waals surface area contributed by atoms with E-state index in [4.69, 9.17) is 9.47 Å². The minimum atomic E-state index is -3.68. The third kappa shape index (κ3) is 6.12. The number of nitrogens with zero attached hydrogens (tertiary/aromatic N) is 1. The normalized spacial score (nSPS) is 12.1. The van der Waals surface area contributed by atoms with Gasteiger partial charge in [-0.3, -0.25) is 9.10 Å². The fourth-order valence-electron chi connectivity index (χ4n) is 3.01. The number of methoxy groups -OCH3 is 1. The van der Waals surface area contributed by atoms with Crippen LogP contribution in [-0.4, -0.2) is 40.3 Å². The number of hydrogen-bond donors (Lipinski definition) is 1. The Kier molecular flexibility index (Phi) is 7.90. The van der Waals surface area contributed by atoms with Crippen LogP contribution in [0.2, 0.25) is 0 Å². The summed E-state index contributed by atoms with van der Waals surface area (Å²) in [5, 5.41) is 2.84. The molecule has 29 heavy (non-hydrogen) atoms. The van der Waals surface area contributed by atoms with Crippen molar-refractivity contribution in [3.8, 4) is 11.5 Å². The van der Waals surface area contributed by atoms with Gasteiger partial charge in [-0.15, -0.1) is 0 Å². The smallest absolute Gasteiger partial charge is 0.244 e. The van der Waals surface area contributed by atoms with Crippen molar-refractivity contribution < 1.29 is 22.7 Å². The Labute approximate surface area is 172 Å². The Morgan fingerprint density at radius 2 is 1.79 bits per heavy atom. The molecule has 0 aliphatic rings. The standard InChI is InChI=1S/C21H28N2O5S/c1-5-20(21(24)22-15-16-8-7-9-19(14-16)28-6-2)23(29(4,25)26)17-10-12-18(27-3)13-11-17/h7-14,20H,5-6,15H2,1-4H3,(H,22,24)/t20-/m0/s1. The van der Waals surface area contributed by atoms with Crippen molar-refractivity contribution in [2.45, 2.75) is 32.9 Å². The SMILES string of the molecule is CCOc1cccc(CNC(=O)[C@H](CC)N(c2ccc(OC)cc2)S(C)(=O)=O)c1. The molecular weight excluding hydrogens is 392 g/mol. The number of nitrogens with one attached hydrogen (secondary N) is 1. The number of carbonyl (C=O) groups is 1. The van der Waals surface area contributed by atoms with Crippen LogP contribution in [0.4, 0.5) is 5.69 Å². The number of sulfonamides is 1. The molecule has 158 valence electrons. The van der Waals surface area contributed by atoms with Crippen molar-refractivity contribution in [1.82, 2.24) is 5.32 Å². The zero-order valence-electron chi connectivity index (χ0n) is 17.2. The number of benzene rings is 2. The predicted octanol–water partition coefficient (Wildman–Crippen LogP) is 2.95. The van der Waals surface area contributed by atoms with Gasteiger partial charge in [-0.2, -0.15) is 0 Å². The van der Waals surface area contributed by atoms with E-state index in [1.165, 1.54) is 7.11 Å². The quantitative estimate of drug-likeness (QED) is 0.639. The predicted molar refractivity (Wildman–Crippen MR) is 114 cm³/mol. The molecule has 0 saturated heterocycles. The van der Waals surface area contributed by atoms with Crippen LogP contribution in [0, 0.1) is 0 Å². The van der Waals surface area contributed by atoms with Gasteiger partial charge in [0.05, 0.1) is 25.7 Å². The van der Waals surface area contributed by atoms with E-state index in [0.29, 0.717) is 24.5 Å². The summed E-state index contributed by atoms with van der Waals surface area (Å²) in [6, 6.07) is 13.1. The molecule has 2 rings (SSSR count). The number of rotatable bonds is 10. The fourth-order valence-corrected chi connectivity index (χ4v) is 4.22. The van der Waals surface area contributed by atoms with Gasteiger partial charge in [-0.05, 0) is 55.3 Å². The molecule has 1 atom stereocenters. The van der Waals surface area contributed by atoms with Gasteiger partial charge in [-0.25, -0.2) is 8.42 Å². The Morgan fingerprint density at radius 1 is 1.10 bits per heavy atom. The van der Waals surface area contributed by atoms with Crippen molar-refractivity contribution >= 4 is 21.6 Å². The Hall–Kier alpha value is -2.74. The summed E-state index contributed by atoms with van der Waals surface area (Å²) in [6.07, 6.45) is 1.42. The summed E-state index contributed by atoms with van der Waals surface area (Å²) in [5.41, 5.74) is 1.28. The lowest BCUT2D eigenvalue weighted by molar-refractivity contribution is -0.122. The molecule has 0 radical (unpaired) electrons. The first-order chi connectivity index (χ1) is 13.8. The third-order valence-electron chi connectivity index (χ3n) is 4.33. The summed E-state index contributed by atoms with van der Waals surface area (Å²) in [7, 11) is -2.15. The van der Waals surface area contributed by atoms with E-state index in [0.717, 1.165) is 21.9 Å². The molecule has 2 aromatic carbocycles. The highest BCUT2D eigenvalue weighted by Gasteiger charge is 2.31. The van der Waals surface area contributed by atoms with E-state index in [9.17, 15) is 13.2 Å². The van der Waals surface area contributed by atoms with Crippen LogP contribution in [0.25, 0.3) is 0 Å². The van der Waals surface area contributed by atoms with Gasteiger partial charge in [0, 0.05) is 6.54 Å². The first-order valence-corrected chi connectivity index (χ1v) is 11.3. The molecule has 2 aromatic rings. The summed E-state index contributed by atoms with van der Waals surface area (Å²) in [5.74, 6) is 0.965. The highest BCUT2D eigenvalue weighted by atomic mass is 32.2. The molecule has 1 amide bonds. The molecule has 0 bridgehead atoms. The minimum Gasteiger partial charge on any atom is -0.497 e. The van der Waals surface area contributed by atoms with E-state index >= 15 is 0 Å². The summed E-state index contributed by atoms with van der Waals surface area (Å²) in [6.45, 7) is 4.51. The lowest BCUT2D eigenvalue weighted by atomic mass is 10.1. The third-order valence-corrected chi connectivity index (χ3v) is 5.51. The second-order valence-corrected chi connectivity index (χ2v) is 8.34. The van der Waals surface area contributed by atoms with Crippen LogP contribution in [0.5, 0.6) is 11.5 Å². The van der Waals surface area contributed by atoms with E-state index in [1.807, 2.05) is 31.2 Å². The number of amides is 1. The van der Waals surface area contributed by atoms with Crippen LogP contribution >= 0.6 is 0 Å². The number of hydrogen-bond acceptors (Lipinski definition) is 5. The summed E-state index contributed by atoms with van der Waals surface area (Å²) < 4.78 is 36.7. The van der Waals surface area contributed by atoms with Crippen molar-refractivity contribution in [1.29, 1.82) is 0 Å². The molecule has 7 nitrogen and oxygen atoms in total. The topological polar surface area (TPSA) is 84.9 Å². The van der Waals surface area contributed by atoms with E-state index in [1.54, 1.807) is 31.2 Å². The largest absolute Gasteiger partial charge is 0.497 e. The van der Waals surface area contributed by atoms with Gasteiger partial charge < -0.3 is 14.8 Å². The van der Waals surface area contributed by atoms with Crippen LogP contribution in [0.1, 0.15) is 25.8 Å². The molecule has 0 aliphatic heterocycles. The molecule has 0 heterocycles. The molecule has 0 unspecified atom stereocenters.